The number of primary sulfonamides is 1. The minimum atomic E-state index is -4.02. The number of nitrogens with two attached hydrogens (primary N) is 1. The second-order valence-electron chi connectivity index (χ2n) is 4.40. The number of nitrogens with zero attached hydrogens (tertiary/aromatic N) is 1. The molecular weight excluding hydrogens is 316 g/mol. The van der Waals surface area contributed by atoms with E-state index in [0.29, 0.717) is 19.4 Å². The molecule has 1 aromatic rings. The summed E-state index contributed by atoms with van der Waals surface area (Å²) in [4.78, 5) is 20.7. The maximum Gasteiger partial charge on any atom is 0.293 e. The lowest BCUT2D eigenvalue weighted by molar-refractivity contribution is -0.384. The minimum Gasteiger partial charge on any atom is -0.379 e. The number of anilines is 1. The van der Waals surface area contributed by atoms with Crippen LogP contribution in [0.2, 0.25) is 0 Å². The molecule has 0 aliphatic carbocycles. The smallest absolute Gasteiger partial charge is 0.293 e. The van der Waals surface area contributed by atoms with E-state index in [1.54, 1.807) is 0 Å². The highest BCUT2D eigenvalue weighted by Gasteiger charge is 2.18. The third-order valence-corrected chi connectivity index (χ3v) is 3.68. The molecule has 0 aromatic heterocycles. The predicted octanol–water partition coefficient (Wildman–Crippen LogP) is 0.330. The fourth-order valence-electron chi connectivity index (χ4n) is 1.68. The molecule has 0 radical (unpaired) electrons. The van der Waals surface area contributed by atoms with Crippen LogP contribution < -0.4 is 15.9 Å². The zero-order valence-electron chi connectivity index (χ0n) is 11.5. The number of hydroxylamine groups is 1. The number of benzene rings is 1. The molecule has 0 atom stereocenters. The molecule has 10 nitrogen and oxygen atoms in total. The normalized spacial score (nSPS) is 11.0. The van der Waals surface area contributed by atoms with Crippen LogP contribution in [-0.2, 0) is 14.8 Å². The van der Waals surface area contributed by atoms with Gasteiger partial charge in [-0.25, -0.2) is 19.0 Å². The van der Waals surface area contributed by atoms with Crippen molar-refractivity contribution in [1.82, 2.24) is 5.48 Å². The Morgan fingerprint density at radius 2 is 2.05 bits per heavy atom. The van der Waals surface area contributed by atoms with E-state index >= 15 is 0 Å². The van der Waals surface area contributed by atoms with E-state index in [1.165, 1.54) is 17.6 Å². The molecular formula is C11H16N4O6S. The summed E-state index contributed by atoms with van der Waals surface area (Å²) >= 11 is 0. The number of hydrogen-bond donors (Lipinski definition) is 4. The lowest BCUT2D eigenvalue weighted by atomic mass is 10.2. The van der Waals surface area contributed by atoms with Gasteiger partial charge in [0.2, 0.25) is 15.9 Å². The molecule has 0 unspecified atom stereocenters. The molecule has 5 N–H and O–H groups in total. The number of nitro groups is 1. The second-order valence-corrected chi connectivity index (χ2v) is 5.96. The van der Waals surface area contributed by atoms with E-state index < -0.39 is 26.5 Å². The Morgan fingerprint density at radius 3 is 2.59 bits per heavy atom. The standard InChI is InChI=1S/C11H16N4O6S/c12-22(20,21)8-4-5-9(10(7-8)15(18)19)13-6-2-1-3-11(16)14-17/h4-5,7,13,17H,1-3,6H2,(H,14,16)(H2,12,20,21). The largest absolute Gasteiger partial charge is 0.379 e. The zero-order valence-corrected chi connectivity index (χ0v) is 12.3. The van der Waals surface area contributed by atoms with Crippen LogP contribution in [0.4, 0.5) is 11.4 Å². The molecule has 0 aliphatic rings. The number of unbranched alkanes of at least 4 members (excludes halogenated alkanes) is 1. The molecule has 22 heavy (non-hydrogen) atoms. The summed E-state index contributed by atoms with van der Waals surface area (Å²) in [5.74, 6) is -0.511. The molecule has 0 saturated carbocycles. The Bertz CT molecular complexity index is 661. The Hall–Kier alpha value is -2.24. The van der Waals surface area contributed by atoms with Crippen LogP contribution in [0.3, 0.4) is 0 Å². The van der Waals surface area contributed by atoms with Crippen molar-refractivity contribution in [2.24, 2.45) is 5.14 Å². The SMILES string of the molecule is NS(=O)(=O)c1ccc(NCCCCC(=O)NO)c([N+](=O)[O-])c1. The Balaban J connectivity index is 2.71. The van der Waals surface area contributed by atoms with Gasteiger partial charge in [-0.3, -0.25) is 20.1 Å². The fourth-order valence-corrected chi connectivity index (χ4v) is 2.21. The van der Waals surface area contributed by atoms with E-state index in [-0.39, 0.29) is 17.0 Å². The van der Waals surface area contributed by atoms with Crippen LogP contribution in [0.5, 0.6) is 0 Å². The monoisotopic (exact) mass is 332 g/mol. The Morgan fingerprint density at radius 1 is 1.36 bits per heavy atom. The number of amides is 1. The van der Waals surface area contributed by atoms with Crippen molar-refractivity contribution >= 4 is 27.3 Å². The topological polar surface area (TPSA) is 165 Å². The molecule has 0 aliphatic heterocycles. The molecule has 122 valence electrons. The van der Waals surface area contributed by atoms with E-state index in [9.17, 15) is 23.3 Å². The summed E-state index contributed by atoms with van der Waals surface area (Å²) in [6.45, 7) is 0.342. The molecule has 0 fully saturated rings. The third-order valence-electron chi connectivity index (χ3n) is 2.77. The molecule has 0 heterocycles. The van der Waals surface area contributed by atoms with Gasteiger partial charge < -0.3 is 5.32 Å². The van der Waals surface area contributed by atoms with Crippen molar-refractivity contribution in [2.45, 2.75) is 24.2 Å². The fraction of sp³-hybridized carbons (Fsp3) is 0.364. The van der Waals surface area contributed by atoms with Crippen LogP contribution in [0.1, 0.15) is 19.3 Å². The summed E-state index contributed by atoms with van der Waals surface area (Å²) in [5, 5.41) is 27.0. The highest BCUT2D eigenvalue weighted by molar-refractivity contribution is 7.89. The van der Waals surface area contributed by atoms with Gasteiger partial charge in [0.25, 0.3) is 5.69 Å². The first-order valence-corrected chi connectivity index (χ1v) is 7.78. The summed E-state index contributed by atoms with van der Waals surface area (Å²) < 4.78 is 22.4. The number of hydrogen-bond acceptors (Lipinski definition) is 7. The number of sulfonamides is 1. The van der Waals surface area contributed by atoms with Gasteiger partial charge in [-0.1, -0.05) is 0 Å². The van der Waals surface area contributed by atoms with Crippen LogP contribution in [-0.4, -0.2) is 31.0 Å². The molecule has 1 rings (SSSR count). The number of nitrogens with one attached hydrogen (secondary N) is 2. The zero-order chi connectivity index (χ0) is 16.8. The number of carbonyl (C=O) groups excluding carboxylic acids is 1. The van der Waals surface area contributed by atoms with Crippen LogP contribution in [0.25, 0.3) is 0 Å². The van der Waals surface area contributed by atoms with Gasteiger partial charge in [-0.15, -0.1) is 0 Å². The highest BCUT2D eigenvalue weighted by Crippen LogP contribution is 2.27. The maximum absolute atomic E-state index is 11.2. The van der Waals surface area contributed by atoms with Gasteiger partial charge >= 0.3 is 0 Å². The molecule has 0 spiro atoms. The molecule has 1 amide bonds. The first-order valence-electron chi connectivity index (χ1n) is 6.23. The lowest BCUT2D eigenvalue weighted by Gasteiger charge is -2.08. The van der Waals surface area contributed by atoms with Crippen LogP contribution in [0.15, 0.2) is 23.1 Å². The van der Waals surface area contributed by atoms with Gasteiger partial charge in [0.1, 0.15) is 5.69 Å². The van der Waals surface area contributed by atoms with E-state index in [2.05, 4.69) is 5.32 Å². The first kappa shape index (κ1) is 17.8. The summed E-state index contributed by atoms with van der Waals surface area (Å²) in [6, 6.07) is 3.32. The summed E-state index contributed by atoms with van der Waals surface area (Å²) in [6.07, 6.45) is 1.13. The lowest BCUT2D eigenvalue weighted by Crippen LogP contribution is -2.18. The van der Waals surface area contributed by atoms with Gasteiger partial charge in [0.15, 0.2) is 0 Å². The predicted molar refractivity (Wildman–Crippen MR) is 76.7 cm³/mol. The number of rotatable bonds is 8. The highest BCUT2D eigenvalue weighted by atomic mass is 32.2. The maximum atomic E-state index is 11.2. The van der Waals surface area contributed by atoms with Gasteiger partial charge in [-0.2, -0.15) is 0 Å². The Labute approximate surface area is 126 Å². The van der Waals surface area contributed by atoms with E-state index in [1.807, 2.05) is 0 Å². The van der Waals surface area contributed by atoms with Crippen molar-refractivity contribution in [2.75, 3.05) is 11.9 Å². The van der Waals surface area contributed by atoms with Gasteiger partial charge in [0.05, 0.1) is 9.82 Å². The van der Waals surface area contributed by atoms with Gasteiger partial charge in [0, 0.05) is 19.0 Å². The summed E-state index contributed by atoms with van der Waals surface area (Å²) in [7, 11) is -4.02. The average molecular weight is 332 g/mol. The van der Waals surface area contributed by atoms with E-state index in [4.69, 9.17) is 10.3 Å². The van der Waals surface area contributed by atoms with E-state index in [0.717, 1.165) is 6.07 Å². The van der Waals surface area contributed by atoms with Crippen LogP contribution >= 0.6 is 0 Å². The number of nitro benzene ring substituents is 1. The summed E-state index contributed by atoms with van der Waals surface area (Å²) in [5.41, 5.74) is 1.25. The number of carbonyl (C=O) groups is 1. The molecule has 0 saturated heterocycles. The second kappa shape index (κ2) is 7.68. The molecule has 0 bridgehead atoms. The van der Waals surface area contributed by atoms with Crippen molar-refractivity contribution < 1.29 is 23.3 Å². The van der Waals surface area contributed by atoms with Crippen LogP contribution in [0, 0.1) is 10.1 Å². The third kappa shape index (κ3) is 5.27. The van der Waals surface area contributed by atoms with Crippen molar-refractivity contribution in [3.8, 4) is 0 Å². The molecule has 1 aromatic carbocycles. The minimum absolute atomic E-state index is 0.130. The average Bonchev–Trinajstić information content (AvgIpc) is 2.45. The first-order chi connectivity index (χ1) is 10.3. The molecule has 11 heteroatoms. The van der Waals surface area contributed by atoms with Crippen molar-refractivity contribution in [3.05, 3.63) is 28.3 Å². The van der Waals surface area contributed by atoms with Gasteiger partial charge in [-0.05, 0) is 25.0 Å². The van der Waals surface area contributed by atoms with Crippen molar-refractivity contribution in [1.29, 1.82) is 0 Å². The Kier molecular flexibility index (Phi) is 6.22. The van der Waals surface area contributed by atoms with Crippen molar-refractivity contribution in [3.63, 3.8) is 0 Å². The quantitative estimate of drug-likeness (QED) is 0.230.